The molecule has 1 aliphatic carbocycles. The summed E-state index contributed by atoms with van der Waals surface area (Å²) >= 11 is 2.33. The number of nitrogens with zero attached hydrogens (tertiary/aromatic N) is 2. The standard InChI is InChI=1S/C27H30F3N3O2S2/c1-26(2)11-9-16(10-12-26)17-5-7-19(20(13-17)27(28,29)30)24-31-23(15-36-24)37-32-21-8-6-18(25(34)35)14-22(21)33(3)4/h5-8,13-16,32H,9-12H2,1-4H3,(H,34,35). The van der Waals surface area contributed by atoms with Crippen molar-refractivity contribution in [2.24, 2.45) is 5.41 Å². The highest BCUT2D eigenvalue weighted by molar-refractivity contribution is 8.00. The topological polar surface area (TPSA) is 65.5 Å². The van der Waals surface area contributed by atoms with Gasteiger partial charge in [-0.1, -0.05) is 26.0 Å². The fourth-order valence-corrected chi connectivity index (χ4v) is 6.27. The average Bonchev–Trinajstić information content (AvgIpc) is 3.30. The van der Waals surface area contributed by atoms with Crippen molar-refractivity contribution in [2.75, 3.05) is 23.7 Å². The molecule has 5 nitrogen and oxygen atoms in total. The predicted molar refractivity (Wildman–Crippen MR) is 145 cm³/mol. The van der Waals surface area contributed by atoms with Crippen LogP contribution in [0.25, 0.3) is 10.6 Å². The third-order valence-corrected chi connectivity index (χ3v) is 8.63. The molecule has 1 fully saturated rings. The van der Waals surface area contributed by atoms with E-state index < -0.39 is 17.7 Å². The van der Waals surface area contributed by atoms with E-state index in [0.29, 0.717) is 21.4 Å². The molecule has 1 saturated carbocycles. The van der Waals surface area contributed by atoms with Gasteiger partial charge < -0.3 is 14.7 Å². The summed E-state index contributed by atoms with van der Waals surface area (Å²) in [4.78, 5) is 17.6. The maximum absolute atomic E-state index is 14.1. The van der Waals surface area contributed by atoms with Crippen LogP contribution >= 0.6 is 23.3 Å². The van der Waals surface area contributed by atoms with E-state index in [4.69, 9.17) is 0 Å². The number of alkyl halides is 3. The van der Waals surface area contributed by atoms with Gasteiger partial charge in [-0.3, -0.25) is 0 Å². The second kappa shape index (κ2) is 10.6. The minimum atomic E-state index is -4.48. The second-order valence-electron chi connectivity index (χ2n) is 10.4. The molecule has 0 unspecified atom stereocenters. The summed E-state index contributed by atoms with van der Waals surface area (Å²) < 4.78 is 45.5. The lowest BCUT2D eigenvalue weighted by molar-refractivity contribution is -0.137. The van der Waals surface area contributed by atoms with Crippen molar-refractivity contribution in [3.63, 3.8) is 0 Å². The Morgan fingerprint density at radius 2 is 1.86 bits per heavy atom. The highest BCUT2D eigenvalue weighted by atomic mass is 32.2. The SMILES string of the molecule is CN(C)c1cc(C(=O)O)ccc1NSc1csc(-c2ccc(C3CCC(C)(C)CC3)cc2C(F)(F)F)n1. The normalized spacial score (nSPS) is 16.0. The lowest BCUT2D eigenvalue weighted by Gasteiger charge is -2.34. The Hall–Kier alpha value is -2.72. The van der Waals surface area contributed by atoms with Crippen molar-refractivity contribution in [3.05, 3.63) is 58.5 Å². The molecule has 3 aromatic rings. The van der Waals surface area contributed by atoms with Gasteiger partial charge in [0.05, 0.1) is 22.5 Å². The maximum Gasteiger partial charge on any atom is 0.417 e. The molecule has 0 bridgehead atoms. The lowest BCUT2D eigenvalue weighted by atomic mass is 9.71. The quantitative estimate of drug-likeness (QED) is 0.289. The number of carboxylic acids is 1. The maximum atomic E-state index is 14.1. The summed E-state index contributed by atoms with van der Waals surface area (Å²) in [6.07, 6.45) is -0.667. The van der Waals surface area contributed by atoms with Crippen LogP contribution in [0.2, 0.25) is 0 Å². The van der Waals surface area contributed by atoms with Gasteiger partial charge in [0.25, 0.3) is 0 Å². The first kappa shape index (κ1) is 27.3. The average molecular weight is 550 g/mol. The molecule has 0 atom stereocenters. The second-order valence-corrected chi connectivity index (χ2v) is 12.1. The zero-order valence-corrected chi connectivity index (χ0v) is 22.8. The first-order valence-electron chi connectivity index (χ1n) is 12.0. The fourth-order valence-electron chi connectivity index (χ4n) is 4.63. The number of carboxylic acid groups (broad SMARTS) is 1. The molecule has 1 aromatic heterocycles. The van der Waals surface area contributed by atoms with Gasteiger partial charge in [0.2, 0.25) is 0 Å². The Morgan fingerprint density at radius 1 is 1.16 bits per heavy atom. The summed E-state index contributed by atoms with van der Waals surface area (Å²) in [5.74, 6) is -0.876. The molecule has 37 heavy (non-hydrogen) atoms. The summed E-state index contributed by atoms with van der Waals surface area (Å²) in [6, 6.07) is 9.42. The molecule has 0 aliphatic heterocycles. The molecular formula is C27H30F3N3O2S2. The van der Waals surface area contributed by atoms with Gasteiger partial charge >= 0.3 is 12.1 Å². The Kier molecular flexibility index (Phi) is 7.80. The molecule has 0 spiro atoms. The van der Waals surface area contributed by atoms with E-state index in [0.717, 1.165) is 31.2 Å². The first-order chi connectivity index (χ1) is 17.3. The lowest BCUT2D eigenvalue weighted by Crippen LogP contribution is -2.20. The van der Waals surface area contributed by atoms with Crippen LogP contribution in [0.15, 0.2) is 46.8 Å². The summed E-state index contributed by atoms with van der Waals surface area (Å²) in [7, 11) is 3.60. The van der Waals surface area contributed by atoms with Crippen LogP contribution in [0.4, 0.5) is 24.5 Å². The van der Waals surface area contributed by atoms with Crippen molar-refractivity contribution in [2.45, 2.75) is 56.7 Å². The van der Waals surface area contributed by atoms with Gasteiger partial charge in [-0.25, -0.2) is 9.78 Å². The van der Waals surface area contributed by atoms with Crippen LogP contribution in [0.1, 0.15) is 66.9 Å². The Morgan fingerprint density at radius 3 is 2.49 bits per heavy atom. The smallest absolute Gasteiger partial charge is 0.417 e. The van der Waals surface area contributed by atoms with E-state index in [2.05, 4.69) is 23.6 Å². The van der Waals surface area contributed by atoms with E-state index in [1.807, 2.05) is 6.07 Å². The highest BCUT2D eigenvalue weighted by Gasteiger charge is 2.36. The molecule has 0 saturated heterocycles. The largest absolute Gasteiger partial charge is 0.478 e. The number of thiazole rings is 1. The molecule has 1 aliphatic rings. The number of nitrogens with one attached hydrogen (secondary N) is 1. The molecule has 4 rings (SSSR count). The molecule has 0 radical (unpaired) electrons. The molecular weight excluding hydrogens is 519 g/mol. The minimum Gasteiger partial charge on any atom is -0.478 e. The zero-order valence-electron chi connectivity index (χ0n) is 21.1. The summed E-state index contributed by atoms with van der Waals surface area (Å²) in [5, 5.41) is 11.8. The zero-order chi connectivity index (χ0) is 27.0. The number of rotatable bonds is 7. The fraction of sp³-hybridized carbons (Fsp3) is 0.407. The van der Waals surface area contributed by atoms with E-state index in [1.165, 1.54) is 35.4 Å². The van der Waals surface area contributed by atoms with Gasteiger partial charge in [0.15, 0.2) is 0 Å². The Balaban J connectivity index is 1.55. The van der Waals surface area contributed by atoms with Crippen LogP contribution in [-0.4, -0.2) is 30.2 Å². The van der Waals surface area contributed by atoms with E-state index >= 15 is 0 Å². The highest BCUT2D eigenvalue weighted by Crippen LogP contribution is 2.45. The number of hydrogen-bond donors (Lipinski definition) is 2. The molecule has 1 heterocycles. The first-order valence-corrected chi connectivity index (χ1v) is 13.7. The van der Waals surface area contributed by atoms with Gasteiger partial charge in [-0.15, -0.1) is 11.3 Å². The van der Waals surface area contributed by atoms with Crippen LogP contribution in [0, 0.1) is 5.41 Å². The number of carbonyl (C=O) groups is 1. The number of aromatic nitrogens is 1. The Labute approximate surface area is 223 Å². The monoisotopic (exact) mass is 549 g/mol. The van der Waals surface area contributed by atoms with Gasteiger partial charge in [-0.05, 0) is 66.8 Å². The minimum absolute atomic E-state index is 0.0871. The van der Waals surface area contributed by atoms with Crippen LogP contribution in [0.5, 0.6) is 0 Å². The molecule has 198 valence electrons. The van der Waals surface area contributed by atoms with E-state index in [9.17, 15) is 23.1 Å². The van der Waals surface area contributed by atoms with Crippen LogP contribution < -0.4 is 9.62 Å². The van der Waals surface area contributed by atoms with E-state index in [-0.39, 0.29) is 22.5 Å². The number of halogens is 3. The van der Waals surface area contributed by atoms with Crippen molar-refractivity contribution in [3.8, 4) is 10.6 Å². The molecule has 10 heteroatoms. The van der Waals surface area contributed by atoms with Gasteiger partial charge in [0, 0.05) is 37.0 Å². The summed E-state index contributed by atoms with van der Waals surface area (Å²) in [5.41, 5.74) is 1.94. The van der Waals surface area contributed by atoms with Crippen LogP contribution in [-0.2, 0) is 6.18 Å². The number of benzene rings is 2. The number of anilines is 2. The summed E-state index contributed by atoms with van der Waals surface area (Å²) in [6.45, 7) is 4.43. The van der Waals surface area contributed by atoms with Gasteiger partial charge in [0.1, 0.15) is 10.0 Å². The van der Waals surface area contributed by atoms with Crippen molar-refractivity contribution in [1.82, 2.24) is 4.98 Å². The van der Waals surface area contributed by atoms with Crippen molar-refractivity contribution >= 4 is 40.6 Å². The predicted octanol–water partition coefficient (Wildman–Crippen LogP) is 8.40. The third-order valence-electron chi connectivity index (χ3n) is 6.87. The van der Waals surface area contributed by atoms with Crippen molar-refractivity contribution in [1.29, 1.82) is 0 Å². The van der Waals surface area contributed by atoms with Gasteiger partial charge in [-0.2, -0.15) is 13.2 Å². The molecule has 2 N–H and O–H groups in total. The van der Waals surface area contributed by atoms with E-state index in [1.54, 1.807) is 42.6 Å². The Bertz CT molecular complexity index is 1280. The number of aromatic carboxylic acids is 1. The molecule has 2 aromatic carbocycles. The van der Waals surface area contributed by atoms with Crippen molar-refractivity contribution < 1.29 is 23.1 Å². The van der Waals surface area contributed by atoms with Crippen LogP contribution in [0.3, 0.4) is 0 Å². The third kappa shape index (κ3) is 6.41. The molecule has 0 amide bonds. The number of hydrogen-bond acceptors (Lipinski definition) is 6.